The molecule has 1 atom stereocenters. The van der Waals surface area contributed by atoms with Crippen LogP contribution >= 0.6 is 0 Å². The summed E-state index contributed by atoms with van der Waals surface area (Å²) in [6, 6.07) is 17.6. The van der Waals surface area contributed by atoms with Crippen molar-refractivity contribution < 1.29 is 17.9 Å². The molecule has 13 heteroatoms. The Labute approximate surface area is 286 Å². The van der Waals surface area contributed by atoms with Crippen molar-refractivity contribution in [2.24, 2.45) is 5.92 Å². The van der Waals surface area contributed by atoms with E-state index < -0.39 is 10.0 Å². The Morgan fingerprint density at radius 3 is 2.55 bits per heavy atom. The first-order valence-corrected chi connectivity index (χ1v) is 18.7. The van der Waals surface area contributed by atoms with E-state index in [1.54, 1.807) is 16.8 Å². The van der Waals surface area contributed by atoms with Crippen molar-refractivity contribution in [1.29, 1.82) is 0 Å². The fourth-order valence-electron chi connectivity index (χ4n) is 6.56. The Kier molecular flexibility index (Phi) is 9.81. The summed E-state index contributed by atoms with van der Waals surface area (Å²) in [6.45, 7) is 5.81. The summed E-state index contributed by atoms with van der Waals surface area (Å²) in [7, 11) is -3.23. The molecule has 5 heterocycles. The molecule has 1 unspecified atom stereocenters. The van der Waals surface area contributed by atoms with Crippen LogP contribution in [0.3, 0.4) is 0 Å². The van der Waals surface area contributed by atoms with E-state index in [9.17, 15) is 13.2 Å². The van der Waals surface area contributed by atoms with Gasteiger partial charge in [-0.2, -0.15) is 4.98 Å². The van der Waals surface area contributed by atoms with Crippen LogP contribution in [0.1, 0.15) is 30.4 Å². The molecular formula is C36H41N7O5S. The predicted octanol–water partition coefficient (Wildman–Crippen LogP) is 3.18. The number of hydrogen-bond acceptors (Lipinski definition) is 10. The standard InChI is InChI=1S/C36H41N7O5S/c1-49(45,46)42-16-13-26(14-17-42)6-7-27-22-29-23-38-36(39-30-8-10-31(11-9-30)48-32-12-15-37-24-32)40-34(29)43(35(27)44)25-28-4-2-3-5-33(28)41-18-20-47-21-19-41/h2-5,8-11,22-23,26,32,37H,12-21,24-25H2,1H3,(H,38,39,40). The first-order chi connectivity index (χ1) is 23.8. The van der Waals surface area contributed by atoms with Crippen molar-refractivity contribution in [2.45, 2.75) is 31.9 Å². The lowest BCUT2D eigenvalue weighted by Crippen LogP contribution is -2.37. The van der Waals surface area contributed by atoms with E-state index in [2.05, 4.69) is 38.4 Å². The maximum absolute atomic E-state index is 14.2. The average molecular weight is 684 g/mol. The van der Waals surface area contributed by atoms with Crippen molar-refractivity contribution in [3.05, 3.63) is 82.3 Å². The molecule has 49 heavy (non-hydrogen) atoms. The minimum absolute atomic E-state index is 0.00182. The Morgan fingerprint density at radius 1 is 1.04 bits per heavy atom. The van der Waals surface area contributed by atoms with Gasteiger partial charge in [-0.05, 0) is 67.8 Å². The highest BCUT2D eigenvalue weighted by molar-refractivity contribution is 7.88. The molecule has 3 saturated heterocycles. The molecule has 0 saturated carbocycles. The minimum atomic E-state index is -3.23. The molecule has 2 N–H and O–H groups in total. The molecular weight excluding hydrogens is 643 g/mol. The van der Waals surface area contributed by atoms with E-state index in [1.165, 1.54) is 10.6 Å². The minimum Gasteiger partial charge on any atom is -0.489 e. The number of rotatable bonds is 8. The average Bonchev–Trinajstić information content (AvgIpc) is 3.63. The number of sulfonamides is 1. The van der Waals surface area contributed by atoms with Crippen LogP contribution in [-0.4, -0.2) is 92.1 Å². The Morgan fingerprint density at radius 2 is 1.82 bits per heavy atom. The third kappa shape index (κ3) is 7.89. The highest BCUT2D eigenvalue weighted by Crippen LogP contribution is 2.25. The van der Waals surface area contributed by atoms with E-state index in [0.29, 0.717) is 68.2 Å². The molecule has 2 aromatic carbocycles. The molecule has 256 valence electrons. The molecule has 4 aromatic rings. The number of aromatic nitrogens is 3. The second-order valence-electron chi connectivity index (χ2n) is 12.7. The van der Waals surface area contributed by atoms with Crippen LogP contribution in [-0.2, 0) is 21.3 Å². The van der Waals surface area contributed by atoms with E-state index in [-0.39, 0.29) is 17.6 Å². The number of morpholine rings is 1. The van der Waals surface area contributed by atoms with Crippen LogP contribution in [0, 0.1) is 17.8 Å². The van der Waals surface area contributed by atoms with E-state index in [0.717, 1.165) is 55.3 Å². The van der Waals surface area contributed by atoms with Gasteiger partial charge in [0.05, 0.1) is 31.6 Å². The van der Waals surface area contributed by atoms with Gasteiger partial charge >= 0.3 is 0 Å². The van der Waals surface area contributed by atoms with Gasteiger partial charge in [0, 0.05) is 61.6 Å². The summed E-state index contributed by atoms with van der Waals surface area (Å²) < 4.78 is 38.7. The normalized spacial score (nSPS) is 19.0. The monoisotopic (exact) mass is 683 g/mol. The van der Waals surface area contributed by atoms with E-state index in [4.69, 9.17) is 14.5 Å². The number of piperidine rings is 1. The topological polar surface area (TPSA) is 131 Å². The second kappa shape index (κ2) is 14.6. The van der Waals surface area contributed by atoms with Crippen molar-refractivity contribution in [3.63, 3.8) is 0 Å². The number of nitrogens with one attached hydrogen (secondary N) is 2. The molecule has 0 radical (unpaired) electrons. The SMILES string of the molecule is CS(=O)(=O)N1CCC(C#Cc2cc3cnc(Nc4ccc(OC5CCNC5)cc4)nc3n(Cc3ccccc3N3CCOCC3)c2=O)CC1. The summed E-state index contributed by atoms with van der Waals surface area (Å²) in [6.07, 6.45) is 5.36. The van der Waals surface area contributed by atoms with Crippen molar-refractivity contribution in [2.75, 3.05) is 69.0 Å². The zero-order chi connectivity index (χ0) is 33.8. The number of pyridine rings is 1. The van der Waals surface area contributed by atoms with Crippen molar-refractivity contribution >= 4 is 38.4 Å². The summed E-state index contributed by atoms with van der Waals surface area (Å²) in [5.41, 5.74) is 3.47. The van der Waals surface area contributed by atoms with Gasteiger partial charge in [-0.15, -0.1) is 0 Å². The fraction of sp³-hybridized carbons (Fsp3) is 0.417. The van der Waals surface area contributed by atoms with Gasteiger partial charge in [-0.1, -0.05) is 30.0 Å². The summed E-state index contributed by atoms with van der Waals surface area (Å²) in [5, 5.41) is 7.29. The molecule has 0 aliphatic carbocycles. The van der Waals surface area contributed by atoms with Gasteiger partial charge in [0.2, 0.25) is 16.0 Å². The zero-order valence-electron chi connectivity index (χ0n) is 27.6. The van der Waals surface area contributed by atoms with Gasteiger partial charge in [-0.3, -0.25) is 9.36 Å². The van der Waals surface area contributed by atoms with Crippen molar-refractivity contribution in [3.8, 4) is 17.6 Å². The van der Waals surface area contributed by atoms with Gasteiger partial charge in [0.15, 0.2) is 0 Å². The Balaban J connectivity index is 1.20. The number of anilines is 3. The highest BCUT2D eigenvalue weighted by atomic mass is 32.2. The van der Waals surface area contributed by atoms with Crippen LogP contribution in [0.5, 0.6) is 5.75 Å². The second-order valence-corrected chi connectivity index (χ2v) is 14.7. The number of fused-ring (bicyclic) bond motifs is 1. The number of para-hydroxylation sites is 1. The molecule has 3 fully saturated rings. The van der Waals surface area contributed by atoms with Gasteiger partial charge in [0.1, 0.15) is 17.5 Å². The van der Waals surface area contributed by atoms with Gasteiger partial charge in [-0.25, -0.2) is 17.7 Å². The lowest BCUT2D eigenvalue weighted by molar-refractivity contribution is 0.122. The quantitative estimate of drug-likeness (QED) is 0.267. The molecule has 0 spiro atoms. The Bertz CT molecular complexity index is 2020. The smallest absolute Gasteiger partial charge is 0.268 e. The lowest BCUT2D eigenvalue weighted by Gasteiger charge is -2.30. The third-order valence-electron chi connectivity index (χ3n) is 9.26. The Hall–Kier alpha value is -4.48. The number of benzene rings is 2. The number of ether oxygens (including phenoxy) is 2. The molecule has 3 aliphatic rings. The molecule has 0 amide bonds. The molecule has 2 aromatic heterocycles. The van der Waals surface area contributed by atoms with Crippen LogP contribution in [0.4, 0.5) is 17.3 Å². The predicted molar refractivity (Wildman–Crippen MR) is 190 cm³/mol. The third-order valence-corrected chi connectivity index (χ3v) is 10.6. The van der Waals surface area contributed by atoms with E-state index in [1.807, 2.05) is 42.5 Å². The zero-order valence-corrected chi connectivity index (χ0v) is 28.4. The van der Waals surface area contributed by atoms with Crippen LogP contribution in [0.15, 0.2) is 65.6 Å². The van der Waals surface area contributed by atoms with Crippen LogP contribution in [0.25, 0.3) is 11.0 Å². The first-order valence-electron chi connectivity index (χ1n) is 16.8. The summed E-state index contributed by atoms with van der Waals surface area (Å²) in [5.74, 6) is 7.59. The molecule has 12 nitrogen and oxygen atoms in total. The largest absolute Gasteiger partial charge is 0.489 e. The first kappa shape index (κ1) is 33.0. The summed E-state index contributed by atoms with van der Waals surface area (Å²) >= 11 is 0. The number of nitrogens with zero attached hydrogens (tertiary/aromatic N) is 5. The molecule has 0 bridgehead atoms. The molecule has 7 rings (SSSR count). The summed E-state index contributed by atoms with van der Waals surface area (Å²) in [4.78, 5) is 26.0. The van der Waals surface area contributed by atoms with E-state index >= 15 is 0 Å². The maximum Gasteiger partial charge on any atom is 0.268 e. The fourth-order valence-corrected chi connectivity index (χ4v) is 7.44. The number of hydrogen-bond donors (Lipinski definition) is 2. The highest BCUT2D eigenvalue weighted by Gasteiger charge is 2.24. The lowest BCUT2D eigenvalue weighted by atomic mass is 9.98. The molecule has 3 aliphatic heterocycles. The maximum atomic E-state index is 14.2. The van der Waals surface area contributed by atoms with Crippen LogP contribution in [0.2, 0.25) is 0 Å². The van der Waals surface area contributed by atoms with Crippen LogP contribution < -0.4 is 25.8 Å². The van der Waals surface area contributed by atoms with Gasteiger partial charge in [0.25, 0.3) is 5.56 Å². The van der Waals surface area contributed by atoms with Crippen molar-refractivity contribution in [1.82, 2.24) is 24.2 Å². The van der Waals surface area contributed by atoms with Gasteiger partial charge < -0.3 is 25.0 Å².